The van der Waals surface area contributed by atoms with Crippen LogP contribution in [0.4, 0.5) is 0 Å². The van der Waals surface area contributed by atoms with Crippen molar-refractivity contribution in [3.8, 4) is 5.69 Å². The van der Waals surface area contributed by atoms with E-state index in [9.17, 15) is 14.7 Å². The topological polar surface area (TPSA) is 78.4 Å². The Balaban J connectivity index is 1.89. The SMILES string of the molecule is CC1C2CC=C(O)C=C2OC(C)(C)CCCn2c(=O)n(-c3ccccc3)c(=O)n21. The van der Waals surface area contributed by atoms with Crippen molar-refractivity contribution in [2.24, 2.45) is 5.92 Å². The van der Waals surface area contributed by atoms with E-state index in [4.69, 9.17) is 4.74 Å². The highest BCUT2D eigenvalue weighted by molar-refractivity contribution is 5.30. The van der Waals surface area contributed by atoms with Gasteiger partial charge in [-0.25, -0.2) is 23.5 Å². The van der Waals surface area contributed by atoms with Gasteiger partial charge in [0.25, 0.3) is 0 Å². The first-order valence-corrected chi connectivity index (χ1v) is 10.1. The Bertz CT molecular complexity index is 1090. The van der Waals surface area contributed by atoms with Crippen LogP contribution >= 0.6 is 0 Å². The number of hydrogen-bond acceptors (Lipinski definition) is 4. The molecule has 7 nitrogen and oxygen atoms in total. The Labute approximate surface area is 169 Å². The maximum Gasteiger partial charge on any atom is 0.352 e. The van der Waals surface area contributed by atoms with E-state index in [0.717, 1.165) is 0 Å². The van der Waals surface area contributed by atoms with E-state index in [0.29, 0.717) is 37.3 Å². The minimum absolute atomic E-state index is 0.154. The average Bonchev–Trinajstić information content (AvgIpc) is 2.91. The van der Waals surface area contributed by atoms with Crippen LogP contribution in [0.25, 0.3) is 5.69 Å². The molecular weight excluding hydrogens is 370 g/mol. The summed E-state index contributed by atoms with van der Waals surface area (Å²) < 4.78 is 10.7. The van der Waals surface area contributed by atoms with Gasteiger partial charge < -0.3 is 9.84 Å². The molecule has 0 amide bonds. The molecule has 1 aliphatic carbocycles. The Morgan fingerprint density at radius 1 is 1.14 bits per heavy atom. The van der Waals surface area contributed by atoms with Crippen LogP contribution in [-0.4, -0.2) is 24.6 Å². The lowest BCUT2D eigenvalue weighted by Crippen LogP contribution is -2.38. The molecule has 2 aliphatic rings. The number of hydrogen-bond donors (Lipinski definition) is 1. The second kappa shape index (κ2) is 7.13. The maximum atomic E-state index is 13.4. The van der Waals surface area contributed by atoms with Crippen LogP contribution in [0.1, 0.15) is 46.1 Å². The first-order chi connectivity index (χ1) is 13.8. The predicted molar refractivity (Wildman–Crippen MR) is 110 cm³/mol. The Morgan fingerprint density at radius 3 is 2.59 bits per heavy atom. The van der Waals surface area contributed by atoms with Crippen molar-refractivity contribution in [2.45, 2.75) is 58.2 Å². The van der Waals surface area contributed by atoms with Crippen molar-refractivity contribution in [1.29, 1.82) is 0 Å². The number of para-hydroxylation sites is 1. The zero-order valence-electron chi connectivity index (χ0n) is 17.0. The lowest BCUT2D eigenvalue weighted by molar-refractivity contribution is -0.00380. The van der Waals surface area contributed by atoms with Crippen LogP contribution < -0.4 is 11.4 Å². The fraction of sp³-hybridized carbons (Fsp3) is 0.455. The van der Waals surface area contributed by atoms with Crippen LogP contribution in [0.3, 0.4) is 0 Å². The molecule has 7 heteroatoms. The number of aromatic nitrogens is 3. The van der Waals surface area contributed by atoms with Crippen molar-refractivity contribution < 1.29 is 9.84 Å². The first kappa shape index (κ1) is 19.4. The summed E-state index contributed by atoms with van der Waals surface area (Å²) in [4.78, 5) is 26.6. The molecule has 1 aliphatic heterocycles. The maximum absolute atomic E-state index is 13.4. The molecule has 2 heterocycles. The van der Waals surface area contributed by atoms with Gasteiger partial charge in [0.2, 0.25) is 0 Å². The Kier molecular flexibility index (Phi) is 4.76. The molecule has 2 atom stereocenters. The van der Waals surface area contributed by atoms with E-state index in [-0.39, 0.29) is 29.1 Å². The van der Waals surface area contributed by atoms with E-state index < -0.39 is 5.60 Å². The third kappa shape index (κ3) is 3.45. The van der Waals surface area contributed by atoms with E-state index in [1.165, 1.54) is 4.57 Å². The van der Waals surface area contributed by atoms with Crippen molar-refractivity contribution in [2.75, 3.05) is 0 Å². The zero-order chi connectivity index (χ0) is 20.8. The monoisotopic (exact) mass is 397 g/mol. The molecule has 1 aromatic carbocycles. The summed E-state index contributed by atoms with van der Waals surface area (Å²) in [6.07, 6.45) is 5.31. The molecule has 1 N–H and O–H groups in total. The molecule has 0 saturated carbocycles. The van der Waals surface area contributed by atoms with Gasteiger partial charge in [-0.15, -0.1) is 0 Å². The highest BCUT2D eigenvalue weighted by Gasteiger charge is 2.35. The van der Waals surface area contributed by atoms with E-state index in [1.54, 1.807) is 33.6 Å². The van der Waals surface area contributed by atoms with Crippen molar-refractivity contribution >= 4 is 0 Å². The van der Waals surface area contributed by atoms with Crippen molar-refractivity contribution in [3.05, 3.63) is 75.0 Å². The molecule has 0 bridgehead atoms. The second-order valence-corrected chi connectivity index (χ2v) is 8.43. The highest BCUT2D eigenvalue weighted by atomic mass is 16.5. The molecule has 1 aromatic heterocycles. The molecular formula is C22H27N3O4. The molecule has 0 radical (unpaired) electrons. The summed E-state index contributed by atoms with van der Waals surface area (Å²) >= 11 is 0. The number of aliphatic hydroxyl groups is 1. The lowest BCUT2D eigenvalue weighted by Gasteiger charge is -2.36. The van der Waals surface area contributed by atoms with E-state index in [1.807, 2.05) is 39.0 Å². The number of ether oxygens (including phenoxy) is 1. The molecule has 0 spiro atoms. The standard InChI is InChI=1S/C22H27N3O4/c1-15-18-11-10-17(26)14-19(18)29-22(2,3)12-7-13-23-20(27)24(21(28)25(15)23)16-8-5-4-6-9-16/h4-6,8-10,14-15,18,26H,7,11-13H2,1-3H3. The molecule has 4 rings (SSSR count). The lowest BCUT2D eigenvalue weighted by atomic mass is 9.90. The summed E-state index contributed by atoms with van der Waals surface area (Å²) in [5.74, 6) is 0.670. The van der Waals surface area contributed by atoms with Crippen LogP contribution in [0.5, 0.6) is 0 Å². The summed E-state index contributed by atoms with van der Waals surface area (Å²) in [6.45, 7) is 6.40. The molecule has 0 fully saturated rings. The van der Waals surface area contributed by atoms with Gasteiger partial charge in [-0.1, -0.05) is 18.2 Å². The Hall–Kier alpha value is -2.96. The molecule has 154 valence electrons. The summed E-state index contributed by atoms with van der Waals surface area (Å²) in [5.41, 5.74) is -0.556. The largest absolute Gasteiger partial charge is 0.508 e. The molecule has 2 unspecified atom stereocenters. The number of fused-ring (bicyclic) bond motifs is 2. The van der Waals surface area contributed by atoms with Crippen LogP contribution in [0, 0.1) is 5.92 Å². The minimum atomic E-state index is -0.435. The van der Waals surface area contributed by atoms with Gasteiger partial charge in [0.15, 0.2) is 0 Å². The van der Waals surface area contributed by atoms with Gasteiger partial charge in [-0.3, -0.25) is 0 Å². The number of nitrogens with zero attached hydrogens (tertiary/aromatic N) is 3. The summed E-state index contributed by atoms with van der Waals surface area (Å²) in [5, 5.41) is 10.0. The normalized spacial score (nSPS) is 23.8. The van der Waals surface area contributed by atoms with Gasteiger partial charge in [0, 0.05) is 18.5 Å². The fourth-order valence-corrected chi connectivity index (χ4v) is 4.30. The molecule has 2 aromatic rings. The first-order valence-electron chi connectivity index (χ1n) is 10.1. The van der Waals surface area contributed by atoms with E-state index in [2.05, 4.69) is 0 Å². The third-order valence-corrected chi connectivity index (χ3v) is 5.82. The Morgan fingerprint density at radius 2 is 1.86 bits per heavy atom. The van der Waals surface area contributed by atoms with Crippen molar-refractivity contribution in [3.63, 3.8) is 0 Å². The number of aliphatic hydroxyl groups excluding tert-OH is 1. The number of rotatable bonds is 1. The quantitative estimate of drug-likeness (QED) is 0.801. The van der Waals surface area contributed by atoms with Gasteiger partial charge in [0.05, 0.1) is 11.7 Å². The van der Waals surface area contributed by atoms with Gasteiger partial charge in [-0.05, 0) is 58.2 Å². The minimum Gasteiger partial charge on any atom is -0.508 e. The molecule has 29 heavy (non-hydrogen) atoms. The van der Waals surface area contributed by atoms with E-state index >= 15 is 0 Å². The van der Waals surface area contributed by atoms with Gasteiger partial charge in [-0.2, -0.15) is 0 Å². The highest BCUT2D eigenvalue weighted by Crippen LogP contribution is 2.37. The van der Waals surface area contributed by atoms with Crippen LogP contribution in [0.15, 0.2) is 63.6 Å². The average molecular weight is 397 g/mol. The second-order valence-electron chi connectivity index (χ2n) is 8.43. The van der Waals surface area contributed by atoms with Crippen LogP contribution in [-0.2, 0) is 11.3 Å². The number of allylic oxidation sites excluding steroid dienone is 3. The van der Waals surface area contributed by atoms with Crippen molar-refractivity contribution in [1.82, 2.24) is 13.9 Å². The predicted octanol–water partition coefficient (Wildman–Crippen LogP) is 3.30. The summed E-state index contributed by atoms with van der Waals surface area (Å²) in [6, 6.07) is 8.69. The number of benzene rings is 1. The summed E-state index contributed by atoms with van der Waals surface area (Å²) in [7, 11) is 0. The smallest absolute Gasteiger partial charge is 0.352 e. The zero-order valence-corrected chi connectivity index (χ0v) is 17.0. The molecule has 0 saturated heterocycles. The van der Waals surface area contributed by atoms with Crippen LogP contribution in [0.2, 0.25) is 0 Å². The fourth-order valence-electron chi connectivity index (χ4n) is 4.30. The van der Waals surface area contributed by atoms with Gasteiger partial charge >= 0.3 is 11.4 Å². The van der Waals surface area contributed by atoms with Gasteiger partial charge in [0.1, 0.15) is 17.1 Å². The third-order valence-electron chi connectivity index (χ3n) is 5.82.